The van der Waals surface area contributed by atoms with E-state index < -0.39 is 0 Å². The summed E-state index contributed by atoms with van der Waals surface area (Å²) in [5.74, 6) is 0.546. The third kappa shape index (κ3) is 3.37. The molecule has 1 atom stereocenters. The van der Waals surface area contributed by atoms with Crippen LogP contribution >= 0.6 is 0 Å². The van der Waals surface area contributed by atoms with Crippen LogP contribution in [-0.4, -0.2) is 0 Å². The molecule has 1 aliphatic carbocycles. The van der Waals surface area contributed by atoms with Crippen molar-refractivity contribution in [1.29, 1.82) is 0 Å². The Balaban J connectivity index is 2.67. The minimum atomic E-state index is 0.546. The van der Waals surface area contributed by atoms with Gasteiger partial charge in [0.15, 0.2) is 0 Å². The molecule has 0 nitrogen and oxygen atoms in total. The Bertz CT molecular complexity index is 307. The van der Waals surface area contributed by atoms with Gasteiger partial charge in [-0.25, -0.2) is 0 Å². The van der Waals surface area contributed by atoms with Crippen molar-refractivity contribution in [1.82, 2.24) is 0 Å². The van der Waals surface area contributed by atoms with Gasteiger partial charge in [0.25, 0.3) is 0 Å². The van der Waals surface area contributed by atoms with Crippen molar-refractivity contribution in [2.45, 2.75) is 34.1 Å². The first kappa shape index (κ1) is 11.0. The largest absolute Gasteiger partial charge is 0.0804 e. The second-order valence-electron chi connectivity index (χ2n) is 4.26. The first-order chi connectivity index (χ1) is 6.59. The van der Waals surface area contributed by atoms with Crippen LogP contribution in [0.1, 0.15) is 34.1 Å². The van der Waals surface area contributed by atoms with Gasteiger partial charge in [0, 0.05) is 0 Å². The lowest BCUT2D eigenvalue weighted by atomic mass is 9.99. The van der Waals surface area contributed by atoms with Crippen molar-refractivity contribution >= 4 is 0 Å². The zero-order chi connectivity index (χ0) is 10.6. The third-order valence-corrected chi connectivity index (χ3v) is 2.35. The first-order valence-electron chi connectivity index (χ1n) is 5.29. The van der Waals surface area contributed by atoms with E-state index in [1.165, 1.54) is 16.7 Å². The van der Waals surface area contributed by atoms with E-state index in [0.717, 1.165) is 6.42 Å². The molecule has 0 bridgehead atoms. The molecule has 0 N–H and O–H groups in total. The van der Waals surface area contributed by atoms with E-state index in [0.29, 0.717) is 5.92 Å². The molecule has 1 aliphatic rings. The van der Waals surface area contributed by atoms with Crippen molar-refractivity contribution in [3.63, 3.8) is 0 Å². The summed E-state index contributed by atoms with van der Waals surface area (Å²) in [6, 6.07) is 0. The maximum Gasteiger partial charge on any atom is -0.000788 e. The normalized spacial score (nSPS) is 18.0. The Morgan fingerprint density at radius 1 is 1.36 bits per heavy atom. The van der Waals surface area contributed by atoms with Crippen LogP contribution in [0.5, 0.6) is 0 Å². The van der Waals surface area contributed by atoms with E-state index in [4.69, 9.17) is 0 Å². The molecule has 0 heteroatoms. The molecule has 0 aromatic carbocycles. The fourth-order valence-corrected chi connectivity index (χ4v) is 1.81. The molecule has 14 heavy (non-hydrogen) atoms. The van der Waals surface area contributed by atoms with Gasteiger partial charge >= 0.3 is 0 Å². The van der Waals surface area contributed by atoms with Crippen LogP contribution in [-0.2, 0) is 0 Å². The summed E-state index contributed by atoms with van der Waals surface area (Å²) in [5, 5.41) is 0. The summed E-state index contributed by atoms with van der Waals surface area (Å²) in [6.45, 7) is 8.69. The van der Waals surface area contributed by atoms with Crippen molar-refractivity contribution in [2.75, 3.05) is 0 Å². The second kappa shape index (κ2) is 4.99. The van der Waals surface area contributed by atoms with Gasteiger partial charge in [-0.15, -0.1) is 0 Å². The van der Waals surface area contributed by atoms with Crippen LogP contribution in [0.3, 0.4) is 0 Å². The fourth-order valence-electron chi connectivity index (χ4n) is 1.81. The van der Waals surface area contributed by atoms with E-state index in [1.807, 2.05) is 0 Å². The Labute approximate surface area is 87.7 Å². The van der Waals surface area contributed by atoms with E-state index in [1.54, 1.807) is 0 Å². The zero-order valence-corrected chi connectivity index (χ0v) is 9.67. The maximum absolute atomic E-state index is 2.33. The Hall–Kier alpha value is -1.04. The molecule has 0 fully saturated rings. The van der Waals surface area contributed by atoms with Gasteiger partial charge in [0.1, 0.15) is 0 Å². The molecule has 0 saturated heterocycles. The summed E-state index contributed by atoms with van der Waals surface area (Å²) >= 11 is 0. The predicted molar refractivity (Wildman–Crippen MR) is 64.2 cm³/mol. The monoisotopic (exact) mass is 188 g/mol. The molecule has 0 spiro atoms. The SMILES string of the molecule is CC(C)=CC(C)=CC(C)C1=CCC=C1. The highest BCUT2D eigenvalue weighted by molar-refractivity contribution is 5.33. The molecule has 0 radical (unpaired) electrons. The van der Waals surface area contributed by atoms with Crippen LogP contribution in [0, 0.1) is 5.92 Å². The van der Waals surface area contributed by atoms with E-state index in [9.17, 15) is 0 Å². The second-order valence-corrected chi connectivity index (χ2v) is 4.26. The molecule has 1 rings (SSSR count). The van der Waals surface area contributed by atoms with Crippen molar-refractivity contribution in [3.05, 3.63) is 47.1 Å². The number of allylic oxidation sites excluding steroid dienone is 8. The number of hydrogen-bond acceptors (Lipinski definition) is 0. The Morgan fingerprint density at radius 3 is 2.57 bits per heavy atom. The fraction of sp³-hybridized carbons (Fsp3) is 0.429. The molecule has 76 valence electrons. The smallest absolute Gasteiger partial charge is 0.000788 e. The van der Waals surface area contributed by atoms with Gasteiger partial charge < -0.3 is 0 Å². The van der Waals surface area contributed by atoms with Gasteiger partial charge in [0.2, 0.25) is 0 Å². The van der Waals surface area contributed by atoms with E-state index in [-0.39, 0.29) is 0 Å². The predicted octanol–water partition coefficient (Wildman–Crippen LogP) is 4.42. The van der Waals surface area contributed by atoms with Crippen molar-refractivity contribution in [3.8, 4) is 0 Å². The molecule has 0 aliphatic heterocycles. The highest BCUT2D eigenvalue weighted by atomic mass is 14.1. The Morgan fingerprint density at radius 2 is 2.07 bits per heavy atom. The molecule has 1 unspecified atom stereocenters. The van der Waals surface area contributed by atoms with Gasteiger partial charge in [-0.2, -0.15) is 0 Å². The van der Waals surface area contributed by atoms with Crippen LogP contribution < -0.4 is 0 Å². The van der Waals surface area contributed by atoms with Crippen LogP contribution in [0.25, 0.3) is 0 Å². The average molecular weight is 188 g/mol. The van der Waals surface area contributed by atoms with Crippen LogP contribution in [0.15, 0.2) is 47.1 Å². The molecular weight excluding hydrogens is 168 g/mol. The van der Waals surface area contributed by atoms with E-state index >= 15 is 0 Å². The quantitative estimate of drug-likeness (QED) is 0.575. The van der Waals surface area contributed by atoms with Gasteiger partial charge in [-0.3, -0.25) is 0 Å². The highest BCUT2D eigenvalue weighted by Crippen LogP contribution is 2.21. The number of rotatable bonds is 3. The molecule has 0 heterocycles. The average Bonchev–Trinajstić information content (AvgIpc) is 2.53. The standard InChI is InChI=1S/C14H20/c1-11(2)9-12(3)10-13(4)14-7-5-6-8-14/h5,7-10,13H,6H2,1-4H3. The lowest BCUT2D eigenvalue weighted by Crippen LogP contribution is -1.92. The minimum absolute atomic E-state index is 0.546. The Kier molecular flexibility index (Phi) is 3.94. The minimum Gasteiger partial charge on any atom is -0.0804 e. The summed E-state index contributed by atoms with van der Waals surface area (Å²) in [5.41, 5.74) is 4.17. The third-order valence-electron chi connectivity index (χ3n) is 2.35. The van der Waals surface area contributed by atoms with Crippen molar-refractivity contribution in [2.24, 2.45) is 5.92 Å². The first-order valence-corrected chi connectivity index (χ1v) is 5.29. The molecule has 0 aromatic heterocycles. The van der Waals surface area contributed by atoms with Gasteiger partial charge in [-0.1, -0.05) is 48.5 Å². The molecular formula is C14H20. The zero-order valence-electron chi connectivity index (χ0n) is 9.67. The summed E-state index contributed by atoms with van der Waals surface area (Å²) in [6.07, 6.45) is 12.4. The van der Waals surface area contributed by atoms with Crippen molar-refractivity contribution < 1.29 is 0 Å². The van der Waals surface area contributed by atoms with Crippen LogP contribution in [0.4, 0.5) is 0 Å². The highest BCUT2D eigenvalue weighted by Gasteiger charge is 2.05. The topological polar surface area (TPSA) is 0 Å². The van der Waals surface area contributed by atoms with E-state index in [2.05, 4.69) is 58.1 Å². The van der Waals surface area contributed by atoms with Gasteiger partial charge in [0.05, 0.1) is 0 Å². The molecule has 0 amide bonds. The summed E-state index contributed by atoms with van der Waals surface area (Å²) in [7, 11) is 0. The lowest BCUT2D eigenvalue weighted by Gasteiger charge is -2.06. The lowest BCUT2D eigenvalue weighted by molar-refractivity contribution is 0.884. The number of hydrogen-bond donors (Lipinski definition) is 0. The molecule has 0 saturated carbocycles. The molecule has 0 aromatic rings. The summed E-state index contributed by atoms with van der Waals surface area (Å²) < 4.78 is 0. The maximum atomic E-state index is 2.33. The van der Waals surface area contributed by atoms with Gasteiger partial charge in [-0.05, 0) is 38.7 Å². The van der Waals surface area contributed by atoms with Crippen LogP contribution in [0.2, 0.25) is 0 Å². The summed E-state index contributed by atoms with van der Waals surface area (Å²) in [4.78, 5) is 0.